The second-order valence-electron chi connectivity index (χ2n) is 5.63. The molecule has 1 aromatic heterocycles. The maximum absolute atomic E-state index is 12.3. The number of anilines is 1. The number of nitro benzene ring substituents is 1. The lowest BCUT2D eigenvalue weighted by atomic mass is 10.1. The zero-order valence-corrected chi connectivity index (χ0v) is 14.1. The summed E-state index contributed by atoms with van der Waals surface area (Å²) in [4.78, 5) is 22.9. The molecule has 26 heavy (non-hydrogen) atoms. The molecule has 0 atom stereocenters. The number of aromatic nitrogens is 3. The summed E-state index contributed by atoms with van der Waals surface area (Å²) in [5, 5.41) is 21.8. The van der Waals surface area contributed by atoms with E-state index in [2.05, 4.69) is 15.5 Å². The van der Waals surface area contributed by atoms with Crippen LogP contribution in [-0.4, -0.2) is 25.6 Å². The van der Waals surface area contributed by atoms with Crippen LogP contribution in [0.5, 0.6) is 0 Å². The summed E-state index contributed by atoms with van der Waals surface area (Å²) in [7, 11) is 0. The zero-order valence-electron chi connectivity index (χ0n) is 14.1. The first-order valence-electron chi connectivity index (χ1n) is 8.09. The van der Waals surface area contributed by atoms with Crippen LogP contribution in [0.25, 0.3) is 11.4 Å². The van der Waals surface area contributed by atoms with Gasteiger partial charge in [0.15, 0.2) is 5.82 Å². The Morgan fingerprint density at radius 2 is 2.04 bits per heavy atom. The average Bonchev–Trinajstić information content (AvgIpc) is 3.11. The molecule has 0 saturated carbocycles. The zero-order chi connectivity index (χ0) is 18.5. The molecule has 132 valence electrons. The fourth-order valence-electron chi connectivity index (χ4n) is 2.66. The van der Waals surface area contributed by atoms with E-state index in [1.165, 1.54) is 6.07 Å². The van der Waals surface area contributed by atoms with Crippen molar-refractivity contribution >= 4 is 17.3 Å². The lowest BCUT2D eigenvalue weighted by Gasteiger charge is -2.08. The van der Waals surface area contributed by atoms with Gasteiger partial charge in [-0.2, -0.15) is 0 Å². The van der Waals surface area contributed by atoms with Crippen LogP contribution in [0.2, 0.25) is 0 Å². The molecule has 3 rings (SSSR count). The quantitative estimate of drug-likeness (QED) is 0.543. The first kappa shape index (κ1) is 17.3. The largest absolute Gasteiger partial charge is 0.326 e. The van der Waals surface area contributed by atoms with E-state index in [1.54, 1.807) is 36.7 Å². The third-order valence-electron chi connectivity index (χ3n) is 3.90. The highest BCUT2D eigenvalue weighted by molar-refractivity contribution is 5.93. The van der Waals surface area contributed by atoms with Crippen molar-refractivity contribution in [2.75, 3.05) is 5.32 Å². The first-order valence-corrected chi connectivity index (χ1v) is 8.09. The van der Waals surface area contributed by atoms with Gasteiger partial charge in [-0.1, -0.05) is 30.3 Å². The molecule has 1 heterocycles. The number of carbonyl (C=O) groups is 1. The van der Waals surface area contributed by atoms with Crippen LogP contribution >= 0.6 is 0 Å². The van der Waals surface area contributed by atoms with Crippen LogP contribution in [0.4, 0.5) is 11.4 Å². The highest BCUT2D eigenvalue weighted by Crippen LogP contribution is 2.22. The molecular weight excluding hydrogens is 334 g/mol. The molecule has 0 bridgehead atoms. The Morgan fingerprint density at radius 3 is 2.81 bits per heavy atom. The third kappa shape index (κ3) is 3.75. The summed E-state index contributed by atoms with van der Waals surface area (Å²) in [6.45, 7) is 2.72. The molecule has 8 heteroatoms. The number of rotatable bonds is 6. The Morgan fingerprint density at radius 1 is 1.23 bits per heavy atom. The summed E-state index contributed by atoms with van der Waals surface area (Å²) in [5.74, 6) is 0.385. The number of aryl methyl sites for hydroxylation is 1. The van der Waals surface area contributed by atoms with E-state index in [1.807, 2.05) is 23.6 Å². The number of hydrogen-bond acceptors (Lipinski definition) is 5. The van der Waals surface area contributed by atoms with Crippen molar-refractivity contribution in [2.45, 2.75) is 19.9 Å². The number of benzene rings is 2. The van der Waals surface area contributed by atoms with E-state index in [-0.39, 0.29) is 18.0 Å². The molecule has 0 unspecified atom stereocenters. The minimum atomic E-state index is -0.485. The predicted octanol–water partition coefficient (Wildman–Crippen LogP) is 3.05. The highest BCUT2D eigenvalue weighted by atomic mass is 16.6. The number of amides is 1. The van der Waals surface area contributed by atoms with Crippen LogP contribution in [0.1, 0.15) is 12.5 Å². The van der Waals surface area contributed by atoms with E-state index >= 15 is 0 Å². The van der Waals surface area contributed by atoms with Crippen molar-refractivity contribution in [1.29, 1.82) is 0 Å². The minimum absolute atomic E-state index is 0.0625. The van der Waals surface area contributed by atoms with Crippen molar-refractivity contribution in [2.24, 2.45) is 0 Å². The summed E-state index contributed by atoms with van der Waals surface area (Å²) in [6, 6.07) is 13.5. The Labute approximate surface area is 149 Å². The Bertz CT molecular complexity index is 951. The van der Waals surface area contributed by atoms with Crippen LogP contribution in [-0.2, 0) is 17.8 Å². The Balaban J connectivity index is 1.77. The van der Waals surface area contributed by atoms with Crippen LogP contribution in [0.15, 0.2) is 54.9 Å². The van der Waals surface area contributed by atoms with Crippen LogP contribution in [0, 0.1) is 10.1 Å². The Kier molecular flexibility index (Phi) is 5.02. The molecule has 0 fully saturated rings. The smallest absolute Gasteiger partial charge is 0.273 e. The maximum atomic E-state index is 12.3. The highest BCUT2D eigenvalue weighted by Gasteiger charge is 2.16. The molecule has 3 aromatic rings. The topological polar surface area (TPSA) is 103 Å². The standard InChI is InChI=1S/C18H17N5O3/c1-2-22-12-19-21-18(22)14-7-5-8-15(10-14)20-17(24)11-13-6-3-4-9-16(13)23(25)26/h3-10,12H,2,11H2,1H3,(H,20,24). The number of nitrogens with one attached hydrogen (secondary N) is 1. The van der Waals surface area contributed by atoms with Crippen molar-refractivity contribution < 1.29 is 9.72 Å². The first-order chi connectivity index (χ1) is 12.6. The van der Waals surface area contributed by atoms with Gasteiger partial charge < -0.3 is 9.88 Å². The van der Waals surface area contributed by atoms with Gasteiger partial charge in [-0.15, -0.1) is 10.2 Å². The normalized spacial score (nSPS) is 10.5. The summed E-state index contributed by atoms with van der Waals surface area (Å²) in [6.07, 6.45) is 1.57. The molecule has 8 nitrogen and oxygen atoms in total. The van der Waals surface area contributed by atoms with Gasteiger partial charge in [0, 0.05) is 29.4 Å². The molecule has 2 aromatic carbocycles. The maximum Gasteiger partial charge on any atom is 0.273 e. The van der Waals surface area contributed by atoms with Crippen LogP contribution < -0.4 is 5.32 Å². The van der Waals surface area contributed by atoms with E-state index in [0.29, 0.717) is 17.1 Å². The fraction of sp³-hybridized carbons (Fsp3) is 0.167. The van der Waals surface area contributed by atoms with E-state index in [4.69, 9.17) is 0 Å². The average molecular weight is 351 g/mol. The Hall–Kier alpha value is -3.55. The summed E-state index contributed by atoms with van der Waals surface area (Å²) in [5.41, 5.74) is 1.73. The lowest BCUT2D eigenvalue weighted by molar-refractivity contribution is -0.385. The van der Waals surface area contributed by atoms with Gasteiger partial charge in [-0.25, -0.2) is 0 Å². The summed E-state index contributed by atoms with van der Waals surface area (Å²) >= 11 is 0. The van der Waals surface area contributed by atoms with Gasteiger partial charge in [0.1, 0.15) is 6.33 Å². The van der Waals surface area contributed by atoms with Crippen molar-refractivity contribution in [1.82, 2.24) is 14.8 Å². The summed E-state index contributed by atoms with van der Waals surface area (Å²) < 4.78 is 1.90. The number of carbonyl (C=O) groups excluding carboxylic acids is 1. The molecule has 0 radical (unpaired) electrons. The SMILES string of the molecule is CCn1cnnc1-c1cccc(NC(=O)Cc2ccccc2[N+](=O)[O-])c1. The molecule has 0 spiro atoms. The number of para-hydroxylation sites is 1. The van der Waals surface area contributed by atoms with Gasteiger partial charge in [0.25, 0.3) is 5.69 Å². The van der Waals surface area contributed by atoms with Gasteiger partial charge in [0.2, 0.25) is 5.91 Å². The van der Waals surface area contributed by atoms with Crippen molar-refractivity contribution in [3.63, 3.8) is 0 Å². The van der Waals surface area contributed by atoms with Gasteiger partial charge in [0.05, 0.1) is 11.3 Å². The fourth-order valence-corrected chi connectivity index (χ4v) is 2.66. The van der Waals surface area contributed by atoms with Crippen LogP contribution in [0.3, 0.4) is 0 Å². The third-order valence-corrected chi connectivity index (χ3v) is 3.90. The monoisotopic (exact) mass is 351 g/mol. The molecule has 1 N–H and O–H groups in total. The number of nitro groups is 1. The van der Waals surface area contributed by atoms with E-state index in [0.717, 1.165) is 12.1 Å². The molecule has 1 amide bonds. The van der Waals surface area contributed by atoms with Gasteiger partial charge in [-0.3, -0.25) is 14.9 Å². The van der Waals surface area contributed by atoms with E-state index in [9.17, 15) is 14.9 Å². The van der Waals surface area contributed by atoms with Crippen molar-refractivity contribution in [3.05, 3.63) is 70.5 Å². The molecule has 0 aliphatic heterocycles. The van der Waals surface area contributed by atoms with Gasteiger partial charge >= 0.3 is 0 Å². The predicted molar refractivity (Wildman–Crippen MR) is 96.6 cm³/mol. The second-order valence-corrected chi connectivity index (χ2v) is 5.63. The second kappa shape index (κ2) is 7.56. The minimum Gasteiger partial charge on any atom is -0.326 e. The number of hydrogen-bond donors (Lipinski definition) is 1. The molecular formula is C18H17N5O3. The molecule has 0 aliphatic carbocycles. The molecule has 0 saturated heterocycles. The van der Waals surface area contributed by atoms with E-state index < -0.39 is 4.92 Å². The molecule has 0 aliphatic rings. The number of nitrogens with zero attached hydrogens (tertiary/aromatic N) is 4. The lowest BCUT2D eigenvalue weighted by Crippen LogP contribution is -2.15. The van der Waals surface area contributed by atoms with Crippen molar-refractivity contribution in [3.8, 4) is 11.4 Å². The van der Waals surface area contributed by atoms with Gasteiger partial charge in [-0.05, 0) is 19.1 Å².